The van der Waals surface area contributed by atoms with Gasteiger partial charge in [0.2, 0.25) is 5.91 Å². The van der Waals surface area contributed by atoms with Crippen LogP contribution in [0.3, 0.4) is 0 Å². The maximum Gasteiger partial charge on any atom is 0.368 e. The number of nitrogens with two attached hydrogens (primary N) is 3. The molecule has 0 aliphatic heterocycles. The van der Waals surface area contributed by atoms with Crippen LogP contribution < -0.4 is 22.5 Å². The standard InChI is InChI=1S/C25H43NO.C14H21N5O5/c1-2-3-4-5-6-7-8-9-10-11-12-13-14-15-16-17-18-19-20-21-22-23-24-25(26)27;1-2-3-5-11(14(20)9(16)8-15)17-10-6-4-7-12(18(21)22)13(10)19(23)24/h2-12,17-24H2,1H3,(H2,26,27);4,6-7,9,11,17H,2-3,5,8,15-16H2,1H3. The average molecular weight is 713 g/mol. The Balaban J connectivity index is 0.000000986. The highest BCUT2D eigenvalue weighted by molar-refractivity contribution is 5.92. The van der Waals surface area contributed by atoms with Crippen molar-refractivity contribution in [3.63, 3.8) is 0 Å². The van der Waals surface area contributed by atoms with E-state index in [-0.39, 0.29) is 23.9 Å². The van der Waals surface area contributed by atoms with Crippen molar-refractivity contribution in [1.82, 2.24) is 0 Å². The van der Waals surface area contributed by atoms with Gasteiger partial charge in [-0.15, -0.1) is 0 Å². The van der Waals surface area contributed by atoms with E-state index in [1.54, 1.807) is 0 Å². The third kappa shape index (κ3) is 24.7. The molecular weight excluding hydrogens is 648 g/mol. The number of rotatable bonds is 28. The number of amides is 1. The van der Waals surface area contributed by atoms with E-state index in [1.165, 1.54) is 95.6 Å². The number of benzene rings is 1. The van der Waals surface area contributed by atoms with Gasteiger partial charge in [-0.25, -0.2) is 0 Å². The number of ketones is 1. The Bertz CT molecular complexity index is 1270. The minimum atomic E-state index is -0.905. The van der Waals surface area contributed by atoms with Crippen molar-refractivity contribution in [2.45, 2.75) is 167 Å². The first-order chi connectivity index (χ1) is 24.6. The summed E-state index contributed by atoms with van der Waals surface area (Å²) in [5.41, 5.74) is 14.8. The van der Waals surface area contributed by atoms with Crippen LogP contribution in [0.15, 0.2) is 18.2 Å². The van der Waals surface area contributed by atoms with E-state index in [2.05, 4.69) is 35.9 Å². The number of primary amides is 1. The summed E-state index contributed by atoms with van der Waals surface area (Å²) in [6, 6.07) is 1.97. The molecule has 0 aliphatic carbocycles. The highest BCUT2D eigenvalue weighted by atomic mass is 16.6. The molecular formula is C39H64N6O6. The number of hydrogen-bond donors (Lipinski definition) is 4. The number of para-hydroxylation sites is 1. The molecule has 1 amide bonds. The number of Topliss-reactive ketones (excluding diaryl/α,β-unsaturated/α-hetero) is 1. The molecule has 2 atom stereocenters. The predicted octanol–water partition coefficient (Wildman–Crippen LogP) is 8.24. The molecule has 12 heteroatoms. The number of carbonyl (C=O) groups excluding carboxylic acids is 2. The summed E-state index contributed by atoms with van der Waals surface area (Å²) < 4.78 is 0. The SMILES string of the molecule is CCCCC(Nc1cccc([N+](=O)[O-])c1[N+](=O)[O-])C(=O)C(N)CN.CCCCCCCCCCCCC#CC#CCCCCCCCCC(N)=O. The van der Waals surface area contributed by atoms with Gasteiger partial charge < -0.3 is 22.5 Å². The lowest BCUT2D eigenvalue weighted by molar-refractivity contribution is -0.421. The van der Waals surface area contributed by atoms with E-state index in [9.17, 15) is 29.8 Å². The second kappa shape index (κ2) is 31.9. The van der Waals surface area contributed by atoms with Crippen molar-refractivity contribution in [2.75, 3.05) is 11.9 Å². The molecule has 7 N–H and O–H groups in total. The van der Waals surface area contributed by atoms with Crippen molar-refractivity contribution in [1.29, 1.82) is 0 Å². The third-order valence-corrected chi connectivity index (χ3v) is 8.40. The summed E-state index contributed by atoms with van der Waals surface area (Å²) in [7, 11) is 0. The van der Waals surface area contributed by atoms with E-state index < -0.39 is 33.3 Å². The number of carbonyl (C=O) groups is 2. The highest BCUT2D eigenvalue weighted by Gasteiger charge is 2.31. The number of hydrogen-bond acceptors (Lipinski definition) is 9. The Morgan fingerprint density at radius 2 is 1.24 bits per heavy atom. The number of nitrogens with zero attached hydrogens (tertiary/aromatic N) is 2. The molecule has 1 rings (SSSR count). The molecule has 0 spiro atoms. The van der Waals surface area contributed by atoms with Gasteiger partial charge in [0, 0.05) is 31.9 Å². The van der Waals surface area contributed by atoms with Crippen molar-refractivity contribution >= 4 is 28.8 Å². The van der Waals surface area contributed by atoms with Crippen LogP contribution in [0.1, 0.15) is 155 Å². The van der Waals surface area contributed by atoms with Crippen molar-refractivity contribution in [3.8, 4) is 23.7 Å². The molecule has 51 heavy (non-hydrogen) atoms. The van der Waals surface area contributed by atoms with Crippen LogP contribution in [-0.2, 0) is 9.59 Å². The maximum absolute atomic E-state index is 12.3. The lowest BCUT2D eigenvalue weighted by Crippen LogP contribution is -2.46. The Kier molecular flexibility index (Phi) is 29.4. The molecule has 0 saturated heterocycles. The van der Waals surface area contributed by atoms with Gasteiger partial charge >= 0.3 is 11.4 Å². The molecule has 0 heterocycles. The van der Waals surface area contributed by atoms with Gasteiger partial charge in [-0.2, -0.15) is 0 Å². The topological polar surface area (TPSA) is 211 Å². The average Bonchev–Trinajstić information content (AvgIpc) is 3.11. The lowest BCUT2D eigenvalue weighted by atomic mass is 9.99. The second-order valence-corrected chi connectivity index (χ2v) is 12.9. The van der Waals surface area contributed by atoms with Crippen LogP contribution >= 0.6 is 0 Å². The van der Waals surface area contributed by atoms with E-state index >= 15 is 0 Å². The molecule has 1 aromatic rings. The largest absolute Gasteiger partial charge is 0.370 e. The smallest absolute Gasteiger partial charge is 0.368 e. The quantitative estimate of drug-likeness (QED) is 0.0285. The summed E-state index contributed by atoms with van der Waals surface area (Å²) in [5.74, 6) is 11.8. The molecule has 0 aromatic heterocycles. The summed E-state index contributed by atoms with van der Waals surface area (Å²) in [5, 5.41) is 25.0. The first-order valence-corrected chi connectivity index (χ1v) is 19.0. The normalized spacial score (nSPS) is 11.5. The zero-order valence-corrected chi connectivity index (χ0v) is 31.2. The molecule has 12 nitrogen and oxygen atoms in total. The molecule has 0 bridgehead atoms. The minimum absolute atomic E-state index is 0.0554. The number of unbranched alkanes of at least 4 members (excludes halogenated alkanes) is 17. The van der Waals surface area contributed by atoms with E-state index in [0.717, 1.165) is 44.6 Å². The number of nitro groups is 2. The van der Waals surface area contributed by atoms with Gasteiger partial charge in [0.15, 0.2) is 5.78 Å². The van der Waals surface area contributed by atoms with Gasteiger partial charge in [-0.1, -0.05) is 128 Å². The molecule has 286 valence electrons. The summed E-state index contributed by atoms with van der Waals surface area (Å²) in [6.07, 6.45) is 24.9. The molecule has 0 fully saturated rings. The number of nitrogens with one attached hydrogen (secondary N) is 1. The molecule has 0 saturated carbocycles. The first kappa shape index (κ1) is 47.0. The van der Waals surface area contributed by atoms with Gasteiger partial charge in [-0.3, -0.25) is 29.8 Å². The second-order valence-electron chi connectivity index (χ2n) is 12.9. The van der Waals surface area contributed by atoms with Crippen LogP contribution in [0.2, 0.25) is 0 Å². The number of nitro benzene ring substituents is 2. The maximum atomic E-state index is 12.3. The van der Waals surface area contributed by atoms with E-state index in [1.807, 2.05) is 6.92 Å². The first-order valence-electron chi connectivity index (χ1n) is 19.0. The van der Waals surface area contributed by atoms with Crippen LogP contribution in [0.5, 0.6) is 0 Å². The van der Waals surface area contributed by atoms with Crippen LogP contribution in [0.25, 0.3) is 0 Å². The van der Waals surface area contributed by atoms with Crippen molar-refractivity contribution in [2.24, 2.45) is 17.2 Å². The minimum Gasteiger partial charge on any atom is -0.370 e. The summed E-state index contributed by atoms with van der Waals surface area (Å²) in [4.78, 5) is 43.5. The van der Waals surface area contributed by atoms with Gasteiger partial charge in [0.05, 0.1) is 21.9 Å². The molecule has 0 radical (unpaired) electrons. The van der Waals surface area contributed by atoms with E-state index in [0.29, 0.717) is 19.3 Å². The fraction of sp³-hybridized carbons (Fsp3) is 0.692. The third-order valence-electron chi connectivity index (χ3n) is 8.40. The highest BCUT2D eigenvalue weighted by Crippen LogP contribution is 2.35. The molecule has 2 unspecified atom stereocenters. The Labute approximate surface area is 306 Å². The van der Waals surface area contributed by atoms with Crippen LogP contribution in [0, 0.1) is 43.9 Å². The van der Waals surface area contributed by atoms with Gasteiger partial charge in [0.25, 0.3) is 0 Å². The fourth-order valence-electron chi connectivity index (χ4n) is 5.38. The molecule has 0 aliphatic rings. The van der Waals surface area contributed by atoms with Crippen LogP contribution in [-0.4, -0.2) is 40.2 Å². The number of anilines is 1. The summed E-state index contributed by atoms with van der Waals surface area (Å²) >= 11 is 0. The Hall–Kier alpha value is -4.00. The van der Waals surface area contributed by atoms with E-state index in [4.69, 9.17) is 17.2 Å². The van der Waals surface area contributed by atoms with Gasteiger partial charge in [0.1, 0.15) is 5.69 Å². The fourth-order valence-corrected chi connectivity index (χ4v) is 5.38. The zero-order chi connectivity index (χ0) is 38.1. The zero-order valence-electron chi connectivity index (χ0n) is 31.2. The Morgan fingerprint density at radius 3 is 1.69 bits per heavy atom. The van der Waals surface area contributed by atoms with Crippen molar-refractivity contribution in [3.05, 3.63) is 38.4 Å². The lowest BCUT2D eigenvalue weighted by Gasteiger charge is -2.21. The monoisotopic (exact) mass is 712 g/mol. The van der Waals surface area contributed by atoms with Crippen molar-refractivity contribution < 1.29 is 19.4 Å². The summed E-state index contributed by atoms with van der Waals surface area (Å²) in [6.45, 7) is 4.15. The Morgan fingerprint density at radius 1 is 0.745 bits per heavy atom. The van der Waals surface area contributed by atoms with Crippen LogP contribution in [0.4, 0.5) is 17.1 Å². The molecule has 1 aromatic carbocycles. The predicted molar refractivity (Wildman–Crippen MR) is 207 cm³/mol. The van der Waals surface area contributed by atoms with Gasteiger partial charge in [-0.05, 0) is 43.6 Å².